The molecule has 15 heavy (non-hydrogen) atoms. The van der Waals surface area contributed by atoms with Gasteiger partial charge in [0.05, 0.1) is 13.2 Å². The molecule has 1 heterocycles. The molecule has 0 aromatic heterocycles. The molecule has 1 aromatic rings. The number of ether oxygens (including phenoxy) is 2. The Kier molecular flexibility index (Phi) is 3.39. The van der Waals surface area contributed by atoms with Gasteiger partial charge in [-0.25, -0.2) is 0 Å². The van der Waals surface area contributed by atoms with Crippen LogP contribution in [-0.2, 0) is 15.9 Å². The van der Waals surface area contributed by atoms with Gasteiger partial charge >= 0.3 is 0 Å². The Morgan fingerprint density at radius 2 is 1.80 bits per heavy atom. The van der Waals surface area contributed by atoms with Crippen LogP contribution in [0.25, 0.3) is 0 Å². The van der Waals surface area contributed by atoms with Crippen molar-refractivity contribution in [1.29, 1.82) is 0 Å². The molecule has 1 fully saturated rings. The molecular weight excluding hydrogens is 188 g/mol. The predicted molar refractivity (Wildman–Crippen MR) is 59.7 cm³/mol. The molecule has 0 aliphatic carbocycles. The second kappa shape index (κ2) is 4.77. The number of benzene rings is 1. The van der Waals surface area contributed by atoms with E-state index in [4.69, 9.17) is 9.47 Å². The summed E-state index contributed by atoms with van der Waals surface area (Å²) in [4.78, 5) is 0. The molecule has 1 aromatic carbocycles. The first-order valence-corrected chi connectivity index (χ1v) is 5.66. The zero-order valence-electron chi connectivity index (χ0n) is 9.24. The Bertz CT molecular complexity index is 289. The highest BCUT2D eigenvalue weighted by molar-refractivity contribution is 5.16. The van der Waals surface area contributed by atoms with Gasteiger partial charge in [0.15, 0.2) is 5.79 Å². The summed E-state index contributed by atoms with van der Waals surface area (Å²) in [6.07, 6.45) is 2.93. The van der Waals surface area contributed by atoms with E-state index in [-0.39, 0.29) is 5.79 Å². The fourth-order valence-corrected chi connectivity index (χ4v) is 2.12. The van der Waals surface area contributed by atoms with Gasteiger partial charge in [-0.15, -0.1) is 0 Å². The van der Waals surface area contributed by atoms with E-state index in [9.17, 15) is 0 Å². The van der Waals surface area contributed by atoms with E-state index in [2.05, 4.69) is 31.2 Å². The molecule has 1 aliphatic rings. The predicted octanol–water partition coefficient (Wildman–Crippen LogP) is 2.77. The normalized spacial score (nSPS) is 19.3. The molecule has 0 spiro atoms. The molecule has 0 N–H and O–H groups in total. The summed E-state index contributed by atoms with van der Waals surface area (Å²) < 4.78 is 11.5. The Balaban J connectivity index is 2.07. The molecule has 1 saturated heterocycles. The van der Waals surface area contributed by atoms with Crippen molar-refractivity contribution in [3.8, 4) is 0 Å². The van der Waals surface area contributed by atoms with E-state index in [0.717, 1.165) is 32.5 Å². The summed E-state index contributed by atoms with van der Waals surface area (Å²) in [6.45, 7) is 3.62. The first kappa shape index (κ1) is 10.7. The average molecular weight is 206 g/mol. The minimum Gasteiger partial charge on any atom is -0.347 e. The second-order valence-electron chi connectivity index (χ2n) is 4.02. The van der Waals surface area contributed by atoms with Gasteiger partial charge in [-0.2, -0.15) is 0 Å². The molecule has 0 radical (unpaired) electrons. The third-order valence-corrected chi connectivity index (χ3v) is 2.76. The van der Waals surface area contributed by atoms with Gasteiger partial charge < -0.3 is 9.47 Å². The van der Waals surface area contributed by atoms with Gasteiger partial charge in [-0.3, -0.25) is 0 Å². The minimum atomic E-state index is -0.351. The van der Waals surface area contributed by atoms with Gasteiger partial charge in [0.2, 0.25) is 0 Å². The van der Waals surface area contributed by atoms with Crippen molar-refractivity contribution in [3.63, 3.8) is 0 Å². The maximum Gasteiger partial charge on any atom is 0.172 e. The highest BCUT2D eigenvalue weighted by atomic mass is 16.7. The monoisotopic (exact) mass is 206 g/mol. The maximum absolute atomic E-state index is 5.76. The van der Waals surface area contributed by atoms with Crippen molar-refractivity contribution in [2.24, 2.45) is 0 Å². The number of hydrogen-bond donors (Lipinski definition) is 0. The molecular formula is C13H18O2. The van der Waals surface area contributed by atoms with Crippen molar-refractivity contribution in [3.05, 3.63) is 35.9 Å². The molecule has 0 atom stereocenters. The maximum atomic E-state index is 5.76. The van der Waals surface area contributed by atoms with E-state index in [1.165, 1.54) is 5.56 Å². The van der Waals surface area contributed by atoms with Crippen molar-refractivity contribution in [2.45, 2.75) is 32.0 Å². The molecule has 2 nitrogen and oxygen atoms in total. The lowest BCUT2D eigenvalue weighted by atomic mass is 10.0. The van der Waals surface area contributed by atoms with Gasteiger partial charge in [0.1, 0.15) is 0 Å². The molecule has 0 unspecified atom stereocenters. The third kappa shape index (κ3) is 2.58. The smallest absolute Gasteiger partial charge is 0.172 e. The number of rotatable bonds is 4. The zero-order chi connectivity index (χ0) is 10.6. The molecule has 0 saturated carbocycles. The van der Waals surface area contributed by atoms with Crippen molar-refractivity contribution in [2.75, 3.05) is 13.2 Å². The summed E-state index contributed by atoms with van der Waals surface area (Å²) >= 11 is 0. The van der Waals surface area contributed by atoms with Crippen molar-refractivity contribution in [1.82, 2.24) is 0 Å². The highest BCUT2D eigenvalue weighted by Crippen LogP contribution is 2.28. The topological polar surface area (TPSA) is 18.5 Å². The average Bonchev–Trinajstić information content (AvgIpc) is 2.69. The first-order valence-electron chi connectivity index (χ1n) is 5.66. The highest BCUT2D eigenvalue weighted by Gasteiger charge is 2.35. The van der Waals surface area contributed by atoms with Crippen LogP contribution in [0.5, 0.6) is 0 Å². The van der Waals surface area contributed by atoms with Crippen LogP contribution in [0.3, 0.4) is 0 Å². The lowest BCUT2D eigenvalue weighted by Crippen LogP contribution is -2.32. The van der Waals surface area contributed by atoms with Crippen LogP contribution in [-0.4, -0.2) is 19.0 Å². The Hall–Kier alpha value is -0.860. The molecule has 2 heteroatoms. The van der Waals surface area contributed by atoms with Crippen LogP contribution < -0.4 is 0 Å². The summed E-state index contributed by atoms with van der Waals surface area (Å²) in [6, 6.07) is 10.4. The third-order valence-electron chi connectivity index (χ3n) is 2.76. The van der Waals surface area contributed by atoms with Crippen LogP contribution >= 0.6 is 0 Å². The lowest BCUT2D eigenvalue weighted by Gasteiger charge is -2.27. The fourth-order valence-electron chi connectivity index (χ4n) is 2.12. The Labute approximate surface area is 91.2 Å². The van der Waals surface area contributed by atoms with Crippen LogP contribution in [0.2, 0.25) is 0 Å². The fraction of sp³-hybridized carbons (Fsp3) is 0.538. The van der Waals surface area contributed by atoms with Gasteiger partial charge in [0.25, 0.3) is 0 Å². The quantitative estimate of drug-likeness (QED) is 0.754. The second-order valence-corrected chi connectivity index (χ2v) is 4.02. The summed E-state index contributed by atoms with van der Waals surface area (Å²) in [5, 5.41) is 0. The van der Waals surface area contributed by atoms with Gasteiger partial charge in [0, 0.05) is 12.8 Å². The van der Waals surface area contributed by atoms with Gasteiger partial charge in [-0.05, 0) is 5.56 Å². The molecule has 1 aliphatic heterocycles. The van der Waals surface area contributed by atoms with Crippen molar-refractivity contribution >= 4 is 0 Å². The van der Waals surface area contributed by atoms with Gasteiger partial charge in [-0.1, -0.05) is 43.7 Å². The first-order chi connectivity index (χ1) is 7.35. The SMILES string of the molecule is CCCC1(Cc2ccccc2)OCCO1. The minimum absolute atomic E-state index is 0.351. The number of hydrogen-bond acceptors (Lipinski definition) is 2. The van der Waals surface area contributed by atoms with E-state index in [1.807, 2.05) is 6.07 Å². The van der Waals surface area contributed by atoms with Crippen molar-refractivity contribution < 1.29 is 9.47 Å². The largest absolute Gasteiger partial charge is 0.347 e. The van der Waals surface area contributed by atoms with E-state index in [0.29, 0.717) is 0 Å². The Morgan fingerprint density at radius 1 is 1.13 bits per heavy atom. The standard InChI is InChI=1S/C13H18O2/c1-2-8-13(14-9-10-15-13)11-12-6-4-3-5-7-12/h3-7H,2,8-11H2,1H3. The summed E-state index contributed by atoms with van der Waals surface area (Å²) in [5.74, 6) is -0.351. The Morgan fingerprint density at radius 3 is 2.40 bits per heavy atom. The van der Waals surface area contributed by atoms with E-state index < -0.39 is 0 Å². The van der Waals surface area contributed by atoms with Crippen LogP contribution in [0.4, 0.5) is 0 Å². The molecule has 0 bridgehead atoms. The van der Waals surface area contributed by atoms with Crippen LogP contribution in [0.15, 0.2) is 30.3 Å². The summed E-state index contributed by atoms with van der Waals surface area (Å²) in [7, 11) is 0. The molecule has 2 rings (SSSR count). The lowest BCUT2D eigenvalue weighted by molar-refractivity contribution is -0.161. The van der Waals surface area contributed by atoms with E-state index >= 15 is 0 Å². The zero-order valence-corrected chi connectivity index (χ0v) is 9.24. The summed E-state index contributed by atoms with van der Waals surface area (Å²) in [5.41, 5.74) is 1.29. The van der Waals surface area contributed by atoms with Crippen LogP contribution in [0, 0.1) is 0 Å². The molecule has 0 amide bonds. The van der Waals surface area contributed by atoms with E-state index in [1.54, 1.807) is 0 Å². The molecule has 82 valence electrons. The van der Waals surface area contributed by atoms with Crippen LogP contribution in [0.1, 0.15) is 25.3 Å².